The van der Waals surface area contributed by atoms with E-state index in [1.165, 1.54) is 0 Å². The molecule has 0 heterocycles. The summed E-state index contributed by atoms with van der Waals surface area (Å²) in [6.07, 6.45) is 24.1. The molecule has 0 aromatic heterocycles. The lowest BCUT2D eigenvalue weighted by atomic mass is 9.99. The van der Waals surface area contributed by atoms with Crippen LogP contribution in [0.4, 0.5) is 0 Å². The molecule has 0 aliphatic rings. The van der Waals surface area contributed by atoms with Crippen molar-refractivity contribution in [2.24, 2.45) is 20.0 Å². The Hall–Kier alpha value is -11.4. The number of nitrogens with zero attached hydrogens (tertiary/aromatic N) is 4. The van der Waals surface area contributed by atoms with Gasteiger partial charge in [-0.1, -0.05) is 164 Å². The van der Waals surface area contributed by atoms with E-state index in [0.29, 0.717) is 37.3 Å². The van der Waals surface area contributed by atoms with E-state index in [9.17, 15) is 0 Å². The fourth-order valence-corrected chi connectivity index (χ4v) is 9.41. The summed E-state index contributed by atoms with van der Waals surface area (Å²) in [5, 5.41) is 0. The molecule has 0 unspecified atom stereocenters. The van der Waals surface area contributed by atoms with E-state index in [4.69, 9.17) is 43.7 Å². The number of hydrogen-bond donors (Lipinski definition) is 0. The van der Waals surface area contributed by atoms with Crippen molar-refractivity contribution in [2.45, 2.75) is 33.1 Å². The Labute approximate surface area is 542 Å². The van der Waals surface area contributed by atoms with Crippen LogP contribution in [0.3, 0.4) is 0 Å². The third-order valence-corrected chi connectivity index (χ3v) is 14.3. The monoisotopic (exact) mass is 1210 g/mol. The van der Waals surface area contributed by atoms with E-state index >= 15 is 0 Å². The summed E-state index contributed by atoms with van der Waals surface area (Å²) in [7, 11) is 8.35. The minimum Gasteiger partial charge on any atom is -0.497 e. The molecule has 0 fully saturated rings. The van der Waals surface area contributed by atoms with E-state index in [1.807, 2.05) is 214 Å². The van der Waals surface area contributed by atoms with Crippen molar-refractivity contribution in [1.82, 2.24) is 0 Å². The average Bonchev–Trinajstić information content (AvgIpc) is 1.65. The fraction of sp³-hybridized carbons (Fsp3) is 0.133. The van der Waals surface area contributed by atoms with Crippen molar-refractivity contribution in [3.63, 3.8) is 0 Å². The van der Waals surface area contributed by atoms with Crippen molar-refractivity contribution in [3.8, 4) is 23.0 Å². The molecule has 9 heteroatoms. The molecular formula is C83H76N4O5. The van der Waals surface area contributed by atoms with Crippen LogP contribution < -0.4 is 18.9 Å². The average molecular weight is 1210 g/mol. The number of benzene rings is 8. The highest BCUT2D eigenvalue weighted by molar-refractivity contribution is 6.01. The maximum Gasteiger partial charge on any atom is 0.118 e. The molecule has 8 rings (SSSR count). The maximum absolute atomic E-state index is 5.52. The third-order valence-electron chi connectivity index (χ3n) is 14.3. The highest BCUT2D eigenvalue weighted by Crippen LogP contribution is 2.28. The molecule has 0 atom stereocenters. The molecule has 0 spiro atoms. The van der Waals surface area contributed by atoms with Crippen molar-refractivity contribution >= 4 is 45.8 Å². The topological polar surface area (TPSA) is 95.6 Å². The van der Waals surface area contributed by atoms with E-state index in [2.05, 4.69) is 108 Å². The minimum absolute atomic E-state index is 0.453. The number of hydrogen-bond acceptors (Lipinski definition) is 9. The van der Waals surface area contributed by atoms with Gasteiger partial charge in [-0.3, -0.25) is 0 Å². The normalized spacial score (nSPS) is 11.9. The van der Waals surface area contributed by atoms with Gasteiger partial charge in [0.25, 0.3) is 0 Å². The molecule has 0 aliphatic heterocycles. The summed E-state index contributed by atoms with van der Waals surface area (Å²) in [6.45, 7) is 4.45. The lowest BCUT2D eigenvalue weighted by molar-refractivity contribution is 0.226. The first-order chi connectivity index (χ1) is 45.3. The second-order valence-electron chi connectivity index (χ2n) is 20.7. The highest BCUT2D eigenvalue weighted by Gasteiger charge is 2.10. The Morgan fingerprint density at radius 2 is 0.576 bits per heavy atom. The van der Waals surface area contributed by atoms with E-state index < -0.39 is 0 Å². The van der Waals surface area contributed by atoms with Crippen LogP contribution in [0.2, 0.25) is 0 Å². The summed E-state index contributed by atoms with van der Waals surface area (Å²) >= 11 is 0. The van der Waals surface area contributed by atoms with E-state index in [0.717, 1.165) is 107 Å². The van der Waals surface area contributed by atoms with Crippen molar-refractivity contribution in [2.75, 3.05) is 42.2 Å². The highest BCUT2D eigenvalue weighted by atomic mass is 16.5. The molecule has 8 aromatic rings. The third kappa shape index (κ3) is 20.9. The van der Waals surface area contributed by atoms with Gasteiger partial charge in [-0.15, -0.1) is 0 Å². The van der Waals surface area contributed by atoms with Crippen LogP contribution >= 0.6 is 0 Å². The summed E-state index contributed by atoms with van der Waals surface area (Å²) in [4.78, 5) is 20.0. The molecule has 0 N–H and O–H groups in total. The first kappa shape index (κ1) is 66.6. The lowest BCUT2D eigenvalue weighted by Gasteiger charge is -2.07. The lowest BCUT2D eigenvalue weighted by Crippen LogP contribution is -1.92. The predicted molar refractivity (Wildman–Crippen MR) is 382 cm³/mol. The van der Waals surface area contributed by atoms with Gasteiger partial charge >= 0.3 is 0 Å². The van der Waals surface area contributed by atoms with Crippen molar-refractivity contribution in [3.05, 3.63) is 358 Å². The molecule has 92 heavy (non-hydrogen) atoms. The minimum atomic E-state index is 0.453. The van der Waals surface area contributed by atoms with Gasteiger partial charge in [-0.2, -0.15) is 0 Å². The standard InChI is InChI=1S/C83H76N4O5/c1-8-72(84-58-80(64-27-13-9-14-28-64)68-41-49-76(89-4)50-42-68)35-21-22-36-73(85-59-81(65-29-15-10-16-30-65)69-43-51-77(90-5)52-44-69)37-23-24-38-74(86-60-82(66-31-17-11-18-32-66)70-45-53-78(91-6)54-46-70)39-25-26-40-75(57-63(2)62-88-3)87-61-83(67-33-19-12-20-34-67)71-47-55-79(92-7)56-48-71/h8-21,23,25,27-57H,22,24,26,62H2,1-7H3. The number of aliphatic imine (C=N–C) groups is 4. The molecule has 0 saturated heterocycles. The molecular weight excluding hydrogens is 1130 g/mol. The van der Waals surface area contributed by atoms with Gasteiger partial charge in [-0.25, -0.2) is 20.0 Å². The Morgan fingerprint density at radius 3 is 0.848 bits per heavy atom. The Morgan fingerprint density at radius 1 is 0.326 bits per heavy atom. The fourth-order valence-electron chi connectivity index (χ4n) is 9.41. The molecule has 0 saturated carbocycles. The largest absolute Gasteiger partial charge is 0.497 e. The summed E-state index contributed by atoms with van der Waals surface area (Å²) in [5.41, 5.74) is 15.1. The molecule has 458 valence electrons. The summed E-state index contributed by atoms with van der Waals surface area (Å²) in [6, 6.07) is 72.4. The van der Waals surface area contributed by atoms with E-state index in [1.54, 1.807) is 35.5 Å². The Bertz CT molecular complexity index is 4220. The van der Waals surface area contributed by atoms with Crippen molar-refractivity contribution < 1.29 is 23.7 Å². The van der Waals surface area contributed by atoms with Gasteiger partial charge in [0.05, 0.1) is 80.1 Å². The SMILES string of the molecule is CC=C(C=CCC=C(C=CCC=C(C=CCC=C(C=C(C)COC)N=C=C(c1ccccc1)c1ccc(OC)cc1)N=C=C(c1ccccc1)c1ccc(OC)cc1)N=C=C(c1ccccc1)c1ccc(OC)cc1)N=C=C(c1ccccc1)c1ccc(OC)cc1. The first-order valence-electron chi connectivity index (χ1n) is 30.3. The zero-order valence-corrected chi connectivity index (χ0v) is 53.3. The number of allylic oxidation sites excluding steroid dienone is 11. The Balaban J connectivity index is 1.18. The van der Waals surface area contributed by atoms with Crippen LogP contribution in [0.1, 0.15) is 77.6 Å². The molecule has 8 aromatic carbocycles. The van der Waals surface area contributed by atoms with Crippen LogP contribution in [0.15, 0.2) is 334 Å². The summed E-state index contributed by atoms with van der Waals surface area (Å²) < 4.78 is 27.5. The molecule has 0 radical (unpaired) electrons. The van der Waals surface area contributed by atoms with Crippen molar-refractivity contribution in [1.29, 1.82) is 0 Å². The first-order valence-corrected chi connectivity index (χ1v) is 30.3. The van der Waals surface area contributed by atoms with Gasteiger partial charge < -0.3 is 23.7 Å². The Kier molecular flexibility index (Phi) is 26.7. The molecule has 9 nitrogen and oxygen atoms in total. The van der Waals surface area contributed by atoms with Gasteiger partial charge in [0.2, 0.25) is 0 Å². The second-order valence-corrected chi connectivity index (χ2v) is 20.7. The van der Waals surface area contributed by atoms with Gasteiger partial charge in [0.15, 0.2) is 0 Å². The molecule has 0 bridgehead atoms. The summed E-state index contributed by atoms with van der Waals surface area (Å²) in [5.74, 6) is 16.7. The van der Waals surface area contributed by atoms with Crippen LogP contribution in [0.5, 0.6) is 23.0 Å². The zero-order chi connectivity index (χ0) is 64.4. The van der Waals surface area contributed by atoms with E-state index in [-0.39, 0.29) is 0 Å². The predicted octanol–water partition coefficient (Wildman–Crippen LogP) is 19.2. The van der Waals surface area contributed by atoms with Gasteiger partial charge in [-0.05, 0) is 228 Å². The second kappa shape index (κ2) is 36.8. The van der Waals surface area contributed by atoms with Crippen LogP contribution in [0, 0.1) is 0 Å². The number of rotatable bonds is 28. The van der Waals surface area contributed by atoms with Crippen LogP contribution in [0.25, 0.3) is 22.3 Å². The van der Waals surface area contributed by atoms with Gasteiger partial charge in [0.1, 0.15) is 23.0 Å². The number of ether oxygens (including phenoxy) is 5. The quantitative estimate of drug-likeness (QED) is 0.0360. The van der Waals surface area contributed by atoms with Crippen LogP contribution in [-0.4, -0.2) is 65.6 Å². The molecule has 0 amide bonds. The van der Waals surface area contributed by atoms with Gasteiger partial charge in [0, 0.05) is 7.11 Å². The zero-order valence-electron chi connectivity index (χ0n) is 53.3. The molecule has 0 aliphatic carbocycles. The van der Waals surface area contributed by atoms with Crippen LogP contribution in [-0.2, 0) is 4.74 Å². The smallest absolute Gasteiger partial charge is 0.118 e. The maximum atomic E-state index is 5.52. The number of methoxy groups -OCH3 is 5.